The second-order valence-electron chi connectivity index (χ2n) is 6.77. The molecular weight excluding hydrogens is 336 g/mol. The zero-order valence-electron chi connectivity index (χ0n) is 15.0. The number of guanidine groups is 1. The quantitative estimate of drug-likeness (QED) is 0.460. The fraction of sp³-hybridized carbons (Fsp3) is 0.500. The summed E-state index contributed by atoms with van der Waals surface area (Å²) in [5.41, 5.74) is 7.66. The summed E-state index contributed by atoms with van der Waals surface area (Å²) in [7, 11) is -3.41. The second kappa shape index (κ2) is 8.49. The van der Waals surface area contributed by atoms with Crippen LogP contribution in [0.15, 0.2) is 46.3 Å². The van der Waals surface area contributed by atoms with E-state index in [4.69, 9.17) is 5.73 Å². The molecule has 1 aromatic carbocycles. The Morgan fingerprint density at radius 2 is 2.08 bits per heavy atom. The Bertz CT molecular complexity index is 726. The Balaban J connectivity index is 2.01. The lowest BCUT2D eigenvalue weighted by atomic mass is 10.0. The van der Waals surface area contributed by atoms with E-state index in [1.807, 2.05) is 6.92 Å². The topological polar surface area (TPSA) is 87.8 Å². The van der Waals surface area contributed by atoms with Gasteiger partial charge in [0.15, 0.2) is 5.96 Å². The van der Waals surface area contributed by atoms with Crippen LogP contribution < -0.4 is 11.1 Å². The number of hydrogen-bond acceptors (Lipinski definition) is 3. The number of aliphatic imine (C=N–C) groups is 1. The van der Waals surface area contributed by atoms with E-state index >= 15 is 0 Å². The molecule has 0 spiro atoms. The minimum atomic E-state index is -3.41. The second-order valence-corrected chi connectivity index (χ2v) is 8.70. The first kappa shape index (κ1) is 19.5. The molecule has 3 N–H and O–H groups in total. The van der Waals surface area contributed by atoms with E-state index in [9.17, 15) is 8.42 Å². The number of nitrogens with one attached hydrogen (secondary N) is 1. The van der Waals surface area contributed by atoms with Crippen LogP contribution in [0.3, 0.4) is 0 Å². The zero-order valence-corrected chi connectivity index (χ0v) is 15.8. The van der Waals surface area contributed by atoms with Gasteiger partial charge in [0, 0.05) is 19.6 Å². The highest BCUT2D eigenvalue weighted by Crippen LogP contribution is 2.23. The lowest BCUT2D eigenvalue weighted by Gasteiger charge is -2.30. The Hall–Kier alpha value is -1.86. The van der Waals surface area contributed by atoms with Crippen molar-refractivity contribution in [2.45, 2.75) is 38.1 Å². The van der Waals surface area contributed by atoms with Gasteiger partial charge in [-0.25, -0.2) is 13.4 Å². The summed E-state index contributed by atoms with van der Waals surface area (Å²) in [5, 5.41) is 2.96. The number of nitrogens with two attached hydrogens (primary N) is 1. The molecule has 0 aromatic heterocycles. The SMILES string of the molecule is C=C(C)CNC(N)=NCc1ccc(S(=O)(=O)N2CCCC(C)C2)cc1. The highest BCUT2D eigenvalue weighted by atomic mass is 32.2. The number of piperidine rings is 1. The average Bonchev–Trinajstić information content (AvgIpc) is 2.58. The molecule has 1 unspecified atom stereocenters. The van der Waals surface area contributed by atoms with E-state index in [-0.39, 0.29) is 0 Å². The maximum atomic E-state index is 12.7. The van der Waals surface area contributed by atoms with Crippen LogP contribution in [0.2, 0.25) is 0 Å². The number of benzene rings is 1. The third-order valence-electron chi connectivity index (χ3n) is 4.18. The molecule has 25 heavy (non-hydrogen) atoms. The molecule has 1 fully saturated rings. The van der Waals surface area contributed by atoms with Gasteiger partial charge in [0.1, 0.15) is 0 Å². The molecule has 0 amide bonds. The van der Waals surface area contributed by atoms with Crippen LogP contribution in [-0.4, -0.2) is 38.3 Å². The predicted molar refractivity (Wildman–Crippen MR) is 102 cm³/mol. The van der Waals surface area contributed by atoms with Crippen LogP contribution in [0.1, 0.15) is 32.3 Å². The number of sulfonamides is 1. The molecule has 6 nitrogen and oxygen atoms in total. The van der Waals surface area contributed by atoms with Gasteiger partial charge in [-0.1, -0.05) is 31.2 Å². The van der Waals surface area contributed by atoms with Crippen LogP contribution in [-0.2, 0) is 16.6 Å². The largest absolute Gasteiger partial charge is 0.370 e. The summed E-state index contributed by atoms with van der Waals surface area (Å²) >= 11 is 0. The number of nitrogens with zero attached hydrogens (tertiary/aromatic N) is 2. The summed E-state index contributed by atoms with van der Waals surface area (Å²) in [4.78, 5) is 4.58. The van der Waals surface area contributed by atoms with E-state index in [1.54, 1.807) is 28.6 Å². The van der Waals surface area contributed by atoms with Crippen molar-refractivity contribution < 1.29 is 8.42 Å². The van der Waals surface area contributed by atoms with Gasteiger partial charge < -0.3 is 11.1 Å². The summed E-state index contributed by atoms with van der Waals surface area (Å²) in [6.07, 6.45) is 2.01. The van der Waals surface area contributed by atoms with E-state index < -0.39 is 10.0 Å². The van der Waals surface area contributed by atoms with Crippen LogP contribution in [0, 0.1) is 5.92 Å². The van der Waals surface area contributed by atoms with Crippen LogP contribution in [0.25, 0.3) is 0 Å². The highest BCUT2D eigenvalue weighted by Gasteiger charge is 2.28. The highest BCUT2D eigenvalue weighted by molar-refractivity contribution is 7.89. The van der Waals surface area contributed by atoms with Crippen molar-refractivity contribution in [1.82, 2.24) is 9.62 Å². The first-order valence-corrected chi connectivity index (χ1v) is 10.0. The Labute approximate surface area is 150 Å². The number of rotatable bonds is 6. The summed E-state index contributed by atoms with van der Waals surface area (Å²) in [6.45, 7) is 9.97. The monoisotopic (exact) mass is 364 g/mol. The van der Waals surface area contributed by atoms with Gasteiger partial charge in [0.05, 0.1) is 11.4 Å². The van der Waals surface area contributed by atoms with Crippen LogP contribution in [0.5, 0.6) is 0 Å². The Morgan fingerprint density at radius 3 is 2.68 bits per heavy atom. The Morgan fingerprint density at radius 1 is 1.40 bits per heavy atom. The molecule has 1 aliphatic rings. The van der Waals surface area contributed by atoms with Crippen molar-refractivity contribution in [2.24, 2.45) is 16.6 Å². The fourth-order valence-electron chi connectivity index (χ4n) is 2.75. The van der Waals surface area contributed by atoms with E-state index in [1.165, 1.54) is 0 Å². The molecule has 7 heteroatoms. The van der Waals surface area contributed by atoms with Crippen molar-refractivity contribution in [2.75, 3.05) is 19.6 Å². The van der Waals surface area contributed by atoms with E-state index in [0.717, 1.165) is 24.0 Å². The maximum Gasteiger partial charge on any atom is 0.243 e. The van der Waals surface area contributed by atoms with Gasteiger partial charge >= 0.3 is 0 Å². The molecule has 138 valence electrons. The standard InChI is InChI=1S/C18H28N4O2S/c1-14(2)11-20-18(19)21-12-16-6-8-17(9-7-16)25(23,24)22-10-4-5-15(3)13-22/h6-9,15H,1,4-5,10-13H2,2-3H3,(H3,19,20,21). The molecule has 1 heterocycles. The zero-order chi connectivity index (χ0) is 18.4. The van der Waals surface area contributed by atoms with Crippen molar-refractivity contribution in [3.8, 4) is 0 Å². The number of hydrogen-bond donors (Lipinski definition) is 2. The average molecular weight is 365 g/mol. The van der Waals surface area contributed by atoms with Gasteiger partial charge in [-0.15, -0.1) is 0 Å². The molecule has 1 saturated heterocycles. The molecule has 1 aromatic rings. The maximum absolute atomic E-state index is 12.7. The van der Waals surface area contributed by atoms with Gasteiger partial charge in [-0.3, -0.25) is 0 Å². The van der Waals surface area contributed by atoms with Crippen LogP contribution in [0.4, 0.5) is 0 Å². The van der Waals surface area contributed by atoms with Crippen molar-refractivity contribution in [3.05, 3.63) is 42.0 Å². The smallest absolute Gasteiger partial charge is 0.243 e. The third kappa shape index (κ3) is 5.57. The lowest BCUT2D eigenvalue weighted by molar-refractivity contribution is 0.281. The fourth-order valence-corrected chi connectivity index (χ4v) is 4.35. The van der Waals surface area contributed by atoms with Crippen molar-refractivity contribution in [3.63, 3.8) is 0 Å². The molecule has 2 rings (SSSR count). The molecule has 0 aliphatic carbocycles. The molecule has 1 atom stereocenters. The van der Waals surface area contributed by atoms with Crippen LogP contribution >= 0.6 is 0 Å². The van der Waals surface area contributed by atoms with Gasteiger partial charge in [-0.05, 0) is 43.4 Å². The first-order valence-electron chi connectivity index (χ1n) is 8.56. The molecule has 0 saturated carbocycles. The van der Waals surface area contributed by atoms with Crippen molar-refractivity contribution >= 4 is 16.0 Å². The van der Waals surface area contributed by atoms with Gasteiger partial charge in [0.2, 0.25) is 10.0 Å². The van der Waals surface area contributed by atoms with E-state index in [0.29, 0.717) is 43.0 Å². The molecule has 0 radical (unpaired) electrons. The summed E-state index contributed by atoms with van der Waals surface area (Å²) in [6, 6.07) is 6.87. The predicted octanol–water partition coefficient (Wildman–Crippen LogP) is 2.09. The Kier molecular flexibility index (Phi) is 6.61. The lowest BCUT2D eigenvalue weighted by Crippen LogP contribution is -2.39. The summed E-state index contributed by atoms with van der Waals surface area (Å²) in [5.74, 6) is 0.758. The van der Waals surface area contributed by atoms with Gasteiger partial charge in [-0.2, -0.15) is 4.31 Å². The minimum Gasteiger partial charge on any atom is -0.370 e. The molecule has 1 aliphatic heterocycles. The van der Waals surface area contributed by atoms with E-state index in [2.05, 4.69) is 23.8 Å². The molecular formula is C18H28N4O2S. The molecule has 0 bridgehead atoms. The first-order chi connectivity index (χ1) is 11.8. The van der Waals surface area contributed by atoms with Gasteiger partial charge in [0.25, 0.3) is 0 Å². The minimum absolute atomic E-state index is 0.336. The summed E-state index contributed by atoms with van der Waals surface area (Å²) < 4.78 is 27.0. The normalized spacial score (nSPS) is 19.6. The van der Waals surface area contributed by atoms with Crippen molar-refractivity contribution in [1.29, 1.82) is 0 Å². The third-order valence-corrected chi connectivity index (χ3v) is 6.06.